The third-order valence-electron chi connectivity index (χ3n) is 3.66. The monoisotopic (exact) mass is 290 g/mol. The predicted molar refractivity (Wildman–Crippen MR) is 83.4 cm³/mol. The maximum atomic E-state index is 12.3. The molecule has 0 aliphatic carbocycles. The smallest absolute Gasteiger partial charge is 0.226 e. The van der Waals surface area contributed by atoms with Gasteiger partial charge in [0.15, 0.2) is 0 Å². The molecule has 1 fully saturated rings. The lowest BCUT2D eigenvalue weighted by atomic mass is 9.97. The summed E-state index contributed by atoms with van der Waals surface area (Å²) in [4.78, 5) is 14.3. The highest BCUT2D eigenvalue weighted by Crippen LogP contribution is 2.35. The molecular formula is C13H26N2OS2. The van der Waals surface area contributed by atoms with E-state index >= 15 is 0 Å². The number of nitrogens with two attached hydrogens (primary N) is 1. The largest absolute Gasteiger partial charge is 0.338 e. The Kier molecular flexibility index (Phi) is 6.35. The number of amides is 1. The van der Waals surface area contributed by atoms with Crippen molar-refractivity contribution in [2.45, 2.75) is 50.3 Å². The highest BCUT2D eigenvalue weighted by molar-refractivity contribution is 7.81. The average molecular weight is 290 g/mol. The van der Waals surface area contributed by atoms with Crippen LogP contribution in [0.5, 0.6) is 0 Å². The van der Waals surface area contributed by atoms with Crippen molar-refractivity contribution in [3.63, 3.8) is 0 Å². The average Bonchev–Trinajstić information content (AvgIpc) is 2.61. The molecule has 2 N–H and O–H groups in total. The number of hydrogen-bond donors (Lipinski definition) is 3. The van der Waals surface area contributed by atoms with Crippen LogP contribution in [0, 0.1) is 5.92 Å². The number of rotatable bonds is 7. The molecule has 3 nitrogen and oxygen atoms in total. The van der Waals surface area contributed by atoms with Gasteiger partial charge < -0.3 is 10.6 Å². The second-order valence-electron chi connectivity index (χ2n) is 5.67. The molecule has 0 aromatic heterocycles. The summed E-state index contributed by atoms with van der Waals surface area (Å²) in [5.74, 6) is 0.961. The minimum Gasteiger partial charge on any atom is -0.338 e. The molecule has 0 bridgehead atoms. The number of likely N-dealkylation sites (tertiary alicyclic amines) is 1. The van der Waals surface area contributed by atoms with Crippen molar-refractivity contribution in [2.75, 3.05) is 18.8 Å². The van der Waals surface area contributed by atoms with Gasteiger partial charge in [-0.2, -0.15) is 25.3 Å². The Labute approximate surface area is 122 Å². The van der Waals surface area contributed by atoms with E-state index in [1.54, 1.807) is 0 Å². The van der Waals surface area contributed by atoms with Crippen LogP contribution in [0.2, 0.25) is 0 Å². The Balaban J connectivity index is 2.61. The zero-order valence-corrected chi connectivity index (χ0v) is 13.2. The number of nitrogens with zero attached hydrogens (tertiary/aromatic N) is 1. The van der Waals surface area contributed by atoms with Gasteiger partial charge in [0.05, 0.1) is 0 Å². The van der Waals surface area contributed by atoms with Gasteiger partial charge in [-0.05, 0) is 39.7 Å². The summed E-state index contributed by atoms with van der Waals surface area (Å²) in [7, 11) is 0. The van der Waals surface area contributed by atoms with Gasteiger partial charge in [0.1, 0.15) is 0 Å². The molecule has 0 spiro atoms. The summed E-state index contributed by atoms with van der Waals surface area (Å²) in [6.07, 6.45) is 4.04. The first-order chi connectivity index (χ1) is 8.41. The topological polar surface area (TPSA) is 46.3 Å². The molecule has 1 amide bonds. The van der Waals surface area contributed by atoms with Gasteiger partial charge in [0.2, 0.25) is 5.91 Å². The van der Waals surface area contributed by atoms with Crippen LogP contribution in [-0.2, 0) is 4.79 Å². The lowest BCUT2D eigenvalue weighted by Gasteiger charge is -2.34. The molecule has 5 heteroatoms. The summed E-state index contributed by atoms with van der Waals surface area (Å²) in [5, 5.41) is 0. The Hall–Kier alpha value is 0.130. The van der Waals surface area contributed by atoms with Crippen LogP contribution in [0.4, 0.5) is 0 Å². The van der Waals surface area contributed by atoms with Gasteiger partial charge in [0.25, 0.3) is 0 Å². The maximum absolute atomic E-state index is 12.3. The van der Waals surface area contributed by atoms with Crippen molar-refractivity contribution in [1.82, 2.24) is 4.90 Å². The van der Waals surface area contributed by atoms with Gasteiger partial charge in [-0.3, -0.25) is 4.79 Å². The molecule has 0 aromatic rings. The number of carbonyl (C=O) groups is 1. The van der Waals surface area contributed by atoms with Crippen LogP contribution >= 0.6 is 25.3 Å². The van der Waals surface area contributed by atoms with Crippen molar-refractivity contribution < 1.29 is 4.79 Å². The number of carbonyl (C=O) groups excluding carboxylic acids is 1. The standard InChI is InChI=1S/C13H26N2OS2/c1-13(2,18)11-8-10(9-17)12(16)15(11)7-5-3-4-6-14/h10-11,17-18H,3-9,14H2,1-2H3/t10-,11+/m0/s1. The lowest BCUT2D eigenvalue weighted by molar-refractivity contribution is -0.131. The maximum Gasteiger partial charge on any atom is 0.226 e. The molecule has 0 aromatic carbocycles. The summed E-state index contributed by atoms with van der Waals surface area (Å²) in [6.45, 7) is 5.73. The SMILES string of the molecule is CC(C)(S)[C@H]1C[C@@H](CS)C(=O)N1CCCCCN. The van der Waals surface area contributed by atoms with E-state index in [9.17, 15) is 4.79 Å². The van der Waals surface area contributed by atoms with Gasteiger partial charge in [-0.15, -0.1) is 0 Å². The molecule has 1 saturated heterocycles. The fourth-order valence-corrected chi connectivity index (χ4v) is 3.13. The summed E-state index contributed by atoms with van der Waals surface area (Å²) in [5.41, 5.74) is 5.49. The first kappa shape index (κ1) is 16.2. The van der Waals surface area contributed by atoms with Crippen LogP contribution in [-0.4, -0.2) is 40.4 Å². The van der Waals surface area contributed by atoms with E-state index in [2.05, 4.69) is 39.1 Å². The molecule has 0 radical (unpaired) electrons. The molecule has 1 aliphatic rings. The molecule has 106 valence electrons. The Bertz CT molecular complexity index is 279. The second kappa shape index (κ2) is 7.06. The Morgan fingerprint density at radius 1 is 1.39 bits per heavy atom. The third kappa shape index (κ3) is 4.07. The molecule has 1 rings (SSSR count). The second-order valence-corrected chi connectivity index (χ2v) is 7.18. The first-order valence-corrected chi connectivity index (χ1v) is 7.83. The summed E-state index contributed by atoms with van der Waals surface area (Å²) >= 11 is 8.94. The van der Waals surface area contributed by atoms with Crippen molar-refractivity contribution in [1.29, 1.82) is 0 Å². The fraction of sp³-hybridized carbons (Fsp3) is 0.923. The summed E-state index contributed by atoms with van der Waals surface area (Å²) in [6, 6.07) is 0.225. The van der Waals surface area contributed by atoms with Crippen molar-refractivity contribution in [2.24, 2.45) is 11.7 Å². The molecule has 0 saturated carbocycles. The van der Waals surface area contributed by atoms with Crippen LogP contribution in [0.3, 0.4) is 0 Å². The first-order valence-electron chi connectivity index (χ1n) is 6.75. The summed E-state index contributed by atoms with van der Waals surface area (Å²) < 4.78 is -0.152. The van der Waals surface area contributed by atoms with Gasteiger partial charge in [-0.25, -0.2) is 0 Å². The zero-order chi connectivity index (χ0) is 13.8. The Morgan fingerprint density at radius 3 is 2.56 bits per heavy atom. The van der Waals surface area contributed by atoms with E-state index in [0.29, 0.717) is 5.75 Å². The van der Waals surface area contributed by atoms with E-state index in [1.807, 2.05) is 4.90 Å². The highest BCUT2D eigenvalue weighted by atomic mass is 32.1. The molecule has 1 heterocycles. The zero-order valence-electron chi connectivity index (χ0n) is 11.4. The normalized spacial score (nSPS) is 24.9. The fourth-order valence-electron chi connectivity index (χ4n) is 2.58. The molecule has 1 aliphatic heterocycles. The van der Waals surface area contributed by atoms with E-state index < -0.39 is 0 Å². The lowest BCUT2D eigenvalue weighted by Crippen LogP contribution is -2.44. The van der Waals surface area contributed by atoms with Crippen LogP contribution in [0.25, 0.3) is 0 Å². The third-order valence-corrected chi connectivity index (χ3v) is 4.39. The molecular weight excluding hydrogens is 264 g/mol. The van der Waals surface area contributed by atoms with Gasteiger partial charge in [-0.1, -0.05) is 6.42 Å². The van der Waals surface area contributed by atoms with Crippen LogP contribution in [0.15, 0.2) is 0 Å². The number of unbranched alkanes of at least 4 members (excludes halogenated alkanes) is 2. The van der Waals surface area contributed by atoms with Crippen LogP contribution < -0.4 is 5.73 Å². The predicted octanol–water partition coefficient (Wildman–Crippen LogP) is 1.97. The van der Waals surface area contributed by atoms with Gasteiger partial charge in [0, 0.05) is 29.0 Å². The minimum absolute atomic E-state index is 0.0688. The van der Waals surface area contributed by atoms with E-state index in [4.69, 9.17) is 5.73 Å². The van der Waals surface area contributed by atoms with Crippen LogP contribution in [0.1, 0.15) is 39.5 Å². The molecule has 2 atom stereocenters. The van der Waals surface area contributed by atoms with Crippen molar-refractivity contribution >= 4 is 31.2 Å². The minimum atomic E-state index is -0.152. The number of thiol groups is 2. The Morgan fingerprint density at radius 2 is 2.06 bits per heavy atom. The van der Waals surface area contributed by atoms with E-state index in [1.165, 1.54) is 0 Å². The van der Waals surface area contributed by atoms with Gasteiger partial charge >= 0.3 is 0 Å². The molecule has 0 unspecified atom stereocenters. The van der Waals surface area contributed by atoms with Crippen molar-refractivity contribution in [3.05, 3.63) is 0 Å². The quantitative estimate of drug-likeness (QED) is 0.496. The van der Waals surface area contributed by atoms with E-state index in [0.717, 1.165) is 38.8 Å². The molecule has 18 heavy (non-hydrogen) atoms. The highest BCUT2D eigenvalue weighted by Gasteiger charge is 2.44. The number of hydrogen-bond acceptors (Lipinski definition) is 4. The van der Waals surface area contributed by atoms with E-state index in [-0.39, 0.29) is 22.6 Å². The van der Waals surface area contributed by atoms with Crippen molar-refractivity contribution in [3.8, 4) is 0 Å².